The van der Waals surface area contributed by atoms with Crippen LogP contribution in [0.4, 0.5) is 5.69 Å². The van der Waals surface area contributed by atoms with E-state index in [1.54, 1.807) is 42.5 Å². The third kappa shape index (κ3) is 3.41. The first-order valence-corrected chi connectivity index (χ1v) is 9.70. The standard InChI is InChI=1S/C24H20N2O6/c1-31-14-10-11-19(32-2)15(13-14)22(28)20-21(16-7-5-6-12-25-16)26(24(30)23(20)29)17-8-3-4-9-18(17)27/h3-13,21,27-28H,1-2H3/b22-20+. The first-order chi connectivity index (χ1) is 15.5. The number of carbonyl (C=O) groups is 2. The van der Waals surface area contributed by atoms with Crippen molar-refractivity contribution >= 4 is 23.1 Å². The highest BCUT2D eigenvalue weighted by molar-refractivity contribution is 6.51. The van der Waals surface area contributed by atoms with Gasteiger partial charge in [0, 0.05) is 6.20 Å². The summed E-state index contributed by atoms with van der Waals surface area (Å²) in [6.07, 6.45) is 1.52. The fourth-order valence-electron chi connectivity index (χ4n) is 3.71. The molecule has 8 heteroatoms. The van der Waals surface area contributed by atoms with E-state index in [0.717, 1.165) is 4.90 Å². The van der Waals surface area contributed by atoms with Crippen LogP contribution in [0.1, 0.15) is 17.3 Å². The van der Waals surface area contributed by atoms with Crippen LogP contribution in [0.2, 0.25) is 0 Å². The van der Waals surface area contributed by atoms with Crippen LogP contribution in [-0.4, -0.2) is 41.1 Å². The summed E-state index contributed by atoms with van der Waals surface area (Å²) < 4.78 is 10.6. The largest absolute Gasteiger partial charge is 0.507 e. The number of aliphatic hydroxyl groups is 1. The van der Waals surface area contributed by atoms with E-state index in [2.05, 4.69) is 4.98 Å². The van der Waals surface area contributed by atoms with Crippen LogP contribution in [0.3, 0.4) is 0 Å². The summed E-state index contributed by atoms with van der Waals surface area (Å²) in [5.74, 6) is -1.72. The number of benzene rings is 2. The second-order valence-corrected chi connectivity index (χ2v) is 6.98. The number of nitrogens with zero attached hydrogens (tertiary/aromatic N) is 2. The van der Waals surface area contributed by atoms with Gasteiger partial charge < -0.3 is 19.7 Å². The Bertz CT molecular complexity index is 1220. The topological polar surface area (TPSA) is 109 Å². The molecule has 2 heterocycles. The SMILES string of the molecule is COc1ccc(OC)c(/C(O)=C2\C(=O)C(=O)N(c3ccccc3O)C2c2ccccn2)c1. The molecule has 0 radical (unpaired) electrons. The van der Waals surface area contributed by atoms with Gasteiger partial charge in [-0.15, -0.1) is 0 Å². The molecule has 0 aliphatic carbocycles. The predicted octanol–water partition coefficient (Wildman–Crippen LogP) is 3.43. The Morgan fingerprint density at radius 3 is 2.41 bits per heavy atom. The number of ketones is 1. The Hall–Kier alpha value is -4.33. The van der Waals surface area contributed by atoms with Crippen molar-refractivity contribution in [2.45, 2.75) is 6.04 Å². The lowest BCUT2D eigenvalue weighted by molar-refractivity contribution is -0.132. The van der Waals surface area contributed by atoms with Gasteiger partial charge in [-0.2, -0.15) is 0 Å². The molecule has 8 nitrogen and oxygen atoms in total. The molecule has 3 aromatic rings. The minimum absolute atomic E-state index is 0.127. The molecule has 1 unspecified atom stereocenters. The van der Waals surface area contributed by atoms with Gasteiger partial charge in [-0.25, -0.2) is 0 Å². The highest BCUT2D eigenvalue weighted by atomic mass is 16.5. The molecule has 1 atom stereocenters. The maximum absolute atomic E-state index is 13.2. The highest BCUT2D eigenvalue weighted by Gasteiger charge is 2.48. The number of para-hydroxylation sites is 2. The molecule has 0 saturated carbocycles. The molecule has 0 spiro atoms. The molecule has 0 bridgehead atoms. The average Bonchev–Trinajstić information content (AvgIpc) is 3.09. The third-order valence-corrected chi connectivity index (χ3v) is 5.22. The van der Waals surface area contributed by atoms with Gasteiger partial charge in [-0.3, -0.25) is 19.5 Å². The lowest BCUT2D eigenvalue weighted by Gasteiger charge is -2.25. The molecular formula is C24H20N2O6. The lowest BCUT2D eigenvalue weighted by atomic mass is 9.97. The number of pyridine rings is 1. The summed E-state index contributed by atoms with van der Waals surface area (Å²) in [7, 11) is 2.89. The van der Waals surface area contributed by atoms with E-state index in [1.807, 2.05) is 0 Å². The monoisotopic (exact) mass is 432 g/mol. The van der Waals surface area contributed by atoms with Gasteiger partial charge in [-0.1, -0.05) is 18.2 Å². The Labute approximate surface area is 184 Å². The molecule has 2 N–H and O–H groups in total. The van der Waals surface area contributed by atoms with Crippen molar-refractivity contribution in [2.24, 2.45) is 0 Å². The summed E-state index contributed by atoms with van der Waals surface area (Å²) in [6.45, 7) is 0. The molecule has 32 heavy (non-hydrogen) atoms. The number of rotatable bonds is 5. The van der Waals surface area contributed by atoms with Crippen molar-refractivity contribution in [3.8, 4) is 17.2 Å². The summed E-state index contributed by atoms with van der Waals surface area (Å²) >= 11 is 0. The number of aromatic nitrogens is 1. The van der Waals surface area contributed by atoms with Crippen molar-refractivity contribution in [1.82, 2.24) is 4.98 Å². The Morgan fingerprint density at radius 2 is 1.75 bits per heavy atom. The van der Waals surface area contributed by atoms with Crippen molar-refractivity contribution in [2.75, 3.05) is 19.1 Å². The summed E-state index contributed by atoms with van der Waals surface area (Å²) in [5.41, 5.74) is 0.479. The van der Waals surface area contributed by atoms with Gasteiger partial charge >= 0.3 is 0 Å². The average molecular weight is 432 g/mol. The minimum atomic E-state index is -1.07. The third-order valence-electron chi connectivity index (χ3n) is 5.22. The molecule has 4 rings (SSSR count). The number of phenols is 1. The maximum Gasteiger partial charge on any atom is 0.300 e. The van der Waals surface area contributed by atoms with Crippen molar-refractivity contribution in [3.63, 3.8) is 0 Å². The molecule has 1 aliphatic rings. The van der Waals surface area contributed by atoms with E-state index < -0.39 is 23.5 Å². The molecule has 1 fully saturated rings. The zero-order valence-electron chi connectivity index (χ0n) is 17.4. The number of hydrogen-bond acceptors (Lipinski definition) is 7. The molecule has 1 amide bonds. The second-order valence-electron chi connectivity index (χ2n) is 6.98. The Morgan fingerprint density at radius 1 is 1.00 bits per heavy atom. The van der Waals surface area contributed by atoms with Crippen LogP contribution < -0.4 is 14.4 Å². The van der Waals surface area contributed by atoms with E-state index in [1.165, 1.54) is 38.6 Å². The number of phenolic OH excluding ortho intramolecular Hbond substituents is 1. The van der Waals surface area contributed by atoms with Crippen LogP contribution in [-0.2, 0) is 9.59 Å². The molecule has 1 aromatic heterocycles. The second kappa shape index (κ2) is 8.43. The van der Waals surface area contributed by atoms with Crippen LogP contribution in [0.25, 0.3) is 5.76 Å². The Kier molecular flexibility index (Phi) is 5.51. The first kappa shape index (κ1) is 20.9. The number of aliphatic hydroxyl groups excluding tert-OH is 1. The van der Waals surface area contributed by atoms with Crippen LogP contribution in [0.5, 0.6) is 17.2 Å². The van der Waals surface area contributed by atoms with Gasteiger partial charge in [-0.05, 0) is 42.5 Å². The van der Waals surface area contributed by atoms with Crippen LogP contribution >= 0.6 is 0 Å². The van der Waals surface area contributed by atoms with Gasteiger partial charge in [0.25, 0.3) is 11.7 Å². The number of Topliss-reactive ketones (excluding diaryl/α,β-unsaturated/α-hetero) is 1. The number of carbonyl (C=O) groups excluding carboxylic acids is 2. The molecule has 2 aromatic carbocycles. The fourth-order valence-corrected chi connectivity index (χ4v) is 3.71. The van der Waals surface area contributed by atoms with Crippen molar-refractivity contribution < 1.29 is 29.3 Å². The number of ether oxygens (including phenoxy) is 2. The number of methoxy groups -OCH3 is 2. The van der Waals surface area contributed by atoms with E-state index in [0.29, 0.717) is 11.4 Å². The van der Waals surface area contributed by atoms with Gasteiger partial charge in [0.1, 0.15) is 29.0 Å². The van der Waals surface area contributed by atoms with Crippen LogP contribution in [0.15, 0.2) is 72.4 Å². The molecule has 1 aliphatic heterocycles. The number of hydrogen-bond donors (Lipinski definition) is 2. The molecule has 1 saturated heterocycles. The molecular weight excluding hydrogens is 412 g/mol. The number of amides is 1. The summed E-state index contributed by atoms with van der Waals surface area (Å²) in [6, 6.07) is 14.9. The van der Waals surface area contributed by atoms with E-state index >= 15 is 0 Å². The van der Waals surface area contributed by atoms with Gasteiger partial charge in [0.15, 0.2) is 0 Å². The van der Waals surface area contributed by atoms with Crippen LogP contribution in [0, 0.1) is 0 Å². The number of aromatic hydroxyl groups is 1. The van der Waals surface area contributed by atoms with E-state index in [4.69, 9.17) is 9.47 Å². The van der Waals surface area contributed by atoms with E-state index in [9.17, 15) is 19.8 Å². The summed E-state index contributed by atoms with van der Waals surface area (Å²) in [4.78, 5) is 31.7. The fraction of sp³-hybridized carbons (Fsp3) is 0.125. The Balaban J connectivity index is 2.00. The zero-order chi connectivity index (χ0) is 22.8. The lowest BCUT2D eigenvalue weighted by Crippen LogP contribution is -2.29. The van der Waals surface area contributed by atoms with Gasteiger partial charge in [0.2, 0.25) is 0 Å². The zero-order valence-corrected chi connectivity index (χ0v) is 17.4. The molecule has 162 valence electrons. The highest BCUT2D eigenvalue weighted by Crippen LogP contribution is 2.45. The van der Waals surface area contributed by atoms with Crippen molar-refractivity contribution in [1.29, 1.82) is 0 Å². The predicted molar refractivity (Wildman–Crippen MR) is 117 cm³/mol. The number of anilines is 1. The van der Waals surface area contributed by atoms with Crippen molar-refractivity contribution in [3.05, 3.63) is 83.7 Å². The first-order valence-electron chi connectivity index (χ1n) is 9.70. The maximum atomic E-state index is 13.2. The normalized spacial score (nSPS) is 17.4. The van der Waals surface area contributed by atoms with Gasteiger partial charge in [0.05, 0.1) is 36.7 Å². The summed E-state index contributed by atoms with van der Waals surface area (Å²) in [5, 5.41) is 21.7. The smallest absolute Gasteiger partial charge is 0.300 e. The minimum Gasteiger partial charge on any atom is -0.507 e. The van der Waals surface area contributed by atoms with E-state index in [-0.39, 0.29) is 28.3 Å². The quantitative estimate of drug-likeness (QED) is 0.361.